The maximum Gasteiger partial charge on any atom is 0.417 e. The number of hydrogen-bond acceptors (Lipinski definition) is 3. The lowest BCUT2D eigenvalue weighted by Crippen LogP contribution is -2.26. The van der Waals surface area contributed by atoms with Crippen LogP contribution in [-0.4, -0.2) is 24.2 Å². The SMILES string of the molecule is CC(Nc1ncc(C(F)(F)F)cc1Cl)C1CCOC1. The maximum absolute atomic E-state index is 12.5. The average molecular weight is 295 g/mol. The fraction of sp³-hybridized carbons (Fsp3) is 0.583. The van der Waals surface area contributed by atoms with Gasteiger partial charge in [-0.2, -0.15) is 13.2 Å². The van der Waals surface area contributed by atoms with Gasteiger partial charge in [0.15, 0.2) is 0 Å². The Balaban J connectivity index is 2.08. The van der Waals surface area contributed by atoms with Crippen molar-refractivity contribution in [3.8, 4) is 0 Å². The fourth-order valence-electron chi connectivity index (χ4n) is 1.98. The Morgan fingerprint density at radius 1 is 1.53 bits per heavy atom. The second-order valence-electron chi connectivity index (χ2n) is 4.61. The third-order valence-electron chi connectivity index (χ3n) is 3.20. The molecule has 2 heterocycles. The van der Waals surface area contributed by atoms with E-state index in [1.54, 1.807) is 0 Å². The number of nitrogens with zero attached hydrogens (tertiary/aromatic N) is 1. The molecule has 0 saturated carbocycles. The van der Waals surface area contributed by atoms with Gasteiger partial charge in [-0.15, -0.1) is 0 Å². The maximum atomic E-state index is 12.5. The molecule has 2 atom stereocenters. The molecule has 1 aromatic rings. The summed E-state index contributed by atoms with van der Waals surface area (Å²) in [7, 11) is 0. The third kappa shape index (κ3) is 3.51. The zero-order valence-corrected chi connectivity index (χ0v) is 11.1. The Labute approximate surface area is 114 Å². The Morgan fingerprint density at radius 3 is 2.79 bits per heavy atom. The molecular weight excluding hydrogens is 281 g/mol. The lowest BCUT2D eigenvalue weighted by Gasteiger charge is -2.20. The van der Waals surface area contributed by atoms with Crippen LogP contribution in [0.1, 0.15) is 18.9 Å². The first-order valence-corrected chi connectivity index (χ1v) is 6.32. The minimum Gasteiger partial charge on any atom is -0.381 e. The zero-order chi connectivity index (χ0) is 14.0. The van der Waals surface area contributed by atoms with Crippen LogP contribution < -0.4 is 5.32 Å². The summed E-state index contributed by atoms with van der Waals surface area (Å²) >= 11 is 5.83. The number of ether oxygens (including phenoxy) is 1. The molecule has 1 aromatic heterocycles. The van der Waals surface area contributed by atoms with Crippen molar-refractivity contribution in [2.24, 2.45) is 5.92 Å². The van der Waals surface area contributed by atoms with E-state index in [0.29, 0.717) is 19.1 Å². The third-order valence-corrected chi connectivity index (χ3v) is 3.49. The van der Waals surface area contributed by atoms with E-state index in [2.05, 4.69) is 10.3 Å². The van der Waals surface area contributed by atoms with Gasteiger partial charge in [0.25, 0.3) is 0 Å². The number of aromatic nitrogens is 1. The van der Waals surface area contributed by atoms with Crippen molar-refractivity contribution in [1.29, 1.82) is 0 Å². The summed E-state index contributed by atoms with van der Waals surface area (Å²) in [6.07, 6.45) is -2.72. The van der Waals surface area contributed by atoms with Crippen LogP contribution >= 0.6 is 11.6 Å². The molecule has 7 heteroatoms. The van der Waals surface area contributed by atoms with Crippen molar-refractivity contribution >= 4 is 17.4 Å². The molecule has 0 amide bonds. The van der Waals surface area contributed by atoms with Crippen LogP contribution in [0, 0.1) is 5.92 Å². The van der Waals surface area contributed by atoms with Gasteiger partial charge in [-0.1, -0.05) is 11.6 Å². The van der Waals surface area contributed by atoms with Crippen LogP contribution in [0.5, 0.6) is 0 Å². The van der Waals surface area contributed by atoms with E-state index in [1.807, 2.05) is 6.92 Å². The van der Waals surface area contributed by atoms with Gasteiger partial charge in [-0.05, 0) is 19.4 Å². The number of nitrogens with one attached hydrogen (secondary N) is 1. The monoisotopic (exact) mass is 294 g/mol. The van der Waals surface area contributed by atoms with Gasteiger partial charge < -0.3 is 10.1 Å². The van der Waals surface area contributed by atoms with Crippen molar-refractivity contribution in [3.05, 3.63) is 22.8 Å². The molecule has 0 aliphatic carbocycles. The highest BCUT2D eigenvalue weighted by Crippen LogP contribution is 2.33. The van der Waals surface area contributed by atoms with Crippen LogP contribution in [-0.2, 0) is 10.9 Å². The first-order valence-electron chi connectivity index (χ1n) is 5.95. The smallest absolute Gasteiger partial charge is 0.381 e. The summed E-state index contributed by atoms with van der Waals surface area (Å²) in [5, 5.41) is 3.01. The first-order chi connectivity index (χ1) is 8.88. The molecule has 0 aromatic carbocycles. The highest BCUT2D eigenvalue weighted by atomic mass is 35.5. The van der Waals surface area contributed by atoms with Crippen molar-refractivity contribution in [3.63, 3.8) is 0 Å². The molecule has 1 fully saturated rings. The van der Waals surface area contributed by atoms with Gasteiger partial charge in [0, 0.05) is 24.8 Å². The van der Waals surface area contributed by atoms with Gasteiger partial charge in [0.2, 0.25) is 0 Å². The number of anilines is 1. The van der Waals surface area contributed by atoms with Gasteiger partial charge in [0.05, 0.1) is 17.2 Å². The minimum atomic E-state index is -4.43. The molecule has 3 nitrogen and oxygen atoms in total. The molecule has 0 radical (unpaired) electrons. The number of halogens is 4. The average Bonchev–Trinajstić information content (AvgIpc) is 2.84. The second kappa shape index (κ2) is 5.54. The van der Waals surface area contributed by atoms with E-state index >= 15 is 0 Å². The van der Waals surface area contributed by atoms with E-state index < -0.39 is 11.7 Å². The number of pyridine rings is 1. The molecule has 19 heavy (non-hydrogen) atoms. The highest BCUT2D eigenvalue weighted by Gasteiger charge is 2.32. The predicted molar refractivity (Wildman–Crippen MR) is 66.3 cm³/mol. The zero-order valence-electron chi connectivity index (χ0n) is 10.3. The van der Waals surface area contributed by atoms with Gasteiger partial charge in [0.1, 0.15) is 5.82 Å². The number of hydrogen-bond donors (Lipinski definition) is 1. The highest BCUT2D eigenvalue weighted by molar-refractivity contribution is 6.33. The molecule has 0 spiro atoms. The molecule has 1 aliphatic heterocycles. The Morgan fingerprint density at radius 2 is 2.26 bits per heavy atom. The summed E-state index contributed by atoms with van der Waals surface area (Å²) in [4.78, 5) is 3.75. The topological polar surface area (TPSA) is 34.2 Å². The van der Waals surface area contributed by atoms with Gasteiger partial charge >= 0.3 is 6.18 Å². The Bertz CT molecular complexity index is 447. The molecule has 0 bridgehead atoms. The summed E-state index contributed by atoms with van der Waals surface area (Å²) in [6, 6.07) is 0.929. The largest absolute Gasteiger partial charge is 0.417 e. The summed E-state index contributed by atoms with van der Waals surface area (Å²) < 4.78 is 42.7. The molecule has 1 N–H and O–H groups in total. The van der Waals surface area contributed by atoms with E-state index in [9.17, 15) is 13.2 Å². The van der Waals surface area contributed by atoms with Crippen molar-refractivity contribution in [2.45, 2.75) is 25.6 Å². The Kier molecular flexibility index (Phi) is 4.20. The number of alkyl halides is 3. The van der Waals surface area contributed by atoms with Crippen LogP contribution in [0.25, 0.3) is 0 Å². The summed E-state index contributed by atoms with van der Waals surface area (Å²) in [5.74, 6) is 0.592. The number of rotatable bonds is 3. The van der Waals surface area contributed by atoms with Crippen molar-refractivity contribution in [2.75, 3.05) is 18.5 Å². The molecule has 1 saturated heterocycles. The molecule has 1 aliphatic rings. The minimum absolute atomic E-state index is 0.0272. The van der Waals surface area contributed by atoms with E-state index in [4.69, 9.17) is 16.3 Å². The predicted octanol–water partition coefficient (Wildman–Crippen LogP) is 3.59. The molecule has 2 unspecified atom stereocenters. The molecule has 106 valence electrons. The van der Waals surface area contributed by atoms with Crippen molar-refractivity contribution in [1.82, 2.24) is 4.98 Å². The quantitative estimate of drug-likeness (QED) is 0.925. The van der Waals surface area contributed by atoms with Crippen LogP contribution in [0.2, 0.25) is 5.02 Å². The van der Waals surface area contributed by atoms with E-state index in [0.717, 1.165) is 18.7 Å². The lowest BCUT2D eigenvalue weighted by molar-refractivity contribution is -0.137. The second-order valence-corrected chi connectivity index (χ2v) is 5.02. The van der Waals surface area contributed by atoms with Crippen LogP contribution in [0.4, 0.5) is 19.0 Å². The first kappa shape index (κ1) is 14.4. The normalized spacial score (nSPS) is 21.4. The molecular formula is C12H14ClF3N2O. The van der Waals surface area contributed by atoms with Gasteiger partial charge in [-0.3, -0.25) is 0 Å². The van der Waals surface area contributed by atoms with E-state index in [1.165, 1.54) is 0 Å². The summed E-state index contributed by atoms with van der Waals surface area (Å²) in [6.45, 7) is 3.30. The van der Waals surface area contributed by atoms with Gasteiger partial charge in [-0.25, -0.2) is 4.98 Å². The fourth-order valence-corrected chi connectivity index (χ4v) is 2.20. The lowest BCUT2D eigenvalue weighted by atomic mass is 10.0. The van der Waals surface area contributed by atoms with Crippen LogP contribution in [0.3, 0.4) is 0 Å². The van der Waals surface area contributed by atoms with E-state index in [-0.39, 0.29) is 16.9 Å². The standard InChI is InChI=1S/C12H14ClF3N2O/c1-7(8-2-3-19-6-8)18-11-10(13)4-9(5-17-11)12(14,15)16/h4-5,7-8H,2-3,6H2,1H3,(H,17,18). The Hall–Kier alpha value is -1.01. The van der Waals surface area contributed by atoms with Crippen LogP contribution in [0.15, 0.2) is 12.3 Å². The summed E-state index contributed by atoms with van der Waals surface area (Å²) in [5.41, 5.74) is -0.847. The van der Waals surface area contributed by atoms with Crippen molar-refractivity contribution < 1.29 is 17.9 Å². The molecule has 2 rings (SSSR count).